The topological polar surface area (TPSA) is 78.2 Å². The summed E-state index contributed by atoms with van der Waals surface area (Å²) in [5.74, 6) is 0.106. The number of benzene rings is 2. The first kappa shape index (κ1) is 27.0. The fraction of sp³-hybridized carbons (Fsp3) is 0.375. The van der Waals surface area contributed by atoms with Crippen LogP contribution >= 0.6 is 0 Å². The fourth-order valence-corrected chi connectivity index (χ4v) is 3.44. The Morgan fingerprint density at radius 2 is 1.78 bits per heavy atom. The molecule has 0 saturated heterocycles. The van der Waals surface area contributed by atoms with Crippen LogP contribution in [0.2, 0.25) is 0 Å². The average Bonchev–Trinajstić information content (AvgIpc) is 2.80. The van der Waals surface area contributed by atoms with E-state index < -0.39 is 23.1 Å². The fourth-order valence-electron chi connectivity index (χ4n) is 3.44. The molecule has 174 valence electrons. The molecule has 0 heterocycles. The smallest absolute Gasteiger partial charge is 0.393 e. The number of alkyl halides is 3. The zero-order valence-corrected chi connectivity index (χ0v) is 17.7. The van der Waals surface area contributed by atoms with Gasteiger partial charge in [-0.25, -0.2) is 4.39 Å². The van der Waals surface area contributed by atoms with Crippen molar-refractivity contribution in [1.29, 1.82) is 5.26 Å². The quantitative estimate of drug-likeness (QED) is 0.443. The van der Waals surface area contributed by atoms with Gasteiger partial charge in [0.1, 0.15) is 12.6 Å². The second kappa shape index (κ2) is 12.7. The Hall–Kier alpha value is -3.05. The highest BCUT2D eigenvalue weighted by atomic mass is 19.4. The average molecular weight is 453 g/mol. The highest BCUT2D eigenvalue weighted by molar-refractivity contribution is 5.80. The van der Waals surface area contributed by atoms with E-state index in [1.807, 2.05) is 6.79 Å². The van der Waals surface area contributed by atoms with Crippen molar-refractivity contribution in [3.63, 3.8) is 0 Å². The SMILES string of the molecule is C=O.CCC1CCC(O)CC1.N#Cc1ccc(-c2ccc(C=O)c(C(F)(F)F)c2)c(F)c1.[HH]. The molecule has 2 aromatic carbocycles. The summed E-state index contributed by atoms with van der Waals surface area (Å²) in [6, 6.07) is 8.14. The monoisotopic (exact) mass is 453 g/mol. The summed E-state index contributed by atoms with van der Waals surface area (Å²) in [6.07, 6.45) is 1.28. The molecule has 1 aliphatic rings. The maximum atomic E-state index is 13.8. The van der Waals surface area contributed by atoms with E-state index in [9.17, 15) is 22.4 Å². The van der Waals surface area contributed by atoms with E-state index in [0.717, 1.165) is 30.9 Å². The summed E-state index contributed by atoms with van der Waals surface area (Å²) in [5, 5.41) is 17.8. The Morgan fingerprint density at radius 3 is 2.25 bits per heavy atom. The largest absolute Gasteiger partial charge is 0.417 e. The standard InChI is InChI=1S/C15H7F4NO.C8H16O.CH2O.H2/c16-14-5-9(7-20)1-4-12(14)10-2-3-11(8-21)13(6-10)15(17,18)19;1-2-7-3-5-8(9)6-4-7;1-2;/h1-6,8H;7-9H,2-6H2,1H3;1H2;1H. The van der Waals surface area contributed by atoms with E-state index in [1.54, 1.807) is 6.07 Å². The molecular formula is C24H27F4NO3. The summed E-state index contributed by atoms with van der Waals surface area (Å²) in [5.41, 5.74) is -1.66. The molecule has 0 spiro atoms. The van der Waals surface area contributed by atoms with Gasteiger partial charge in [0.05, 0.1) is 23.3 Å². The first-order chi connectivity index (χ1) is 15.2. The number of aliphatic hydroxyl groups is 1. The Balaban J connectivity index is 0.000000717. The van der Waals surface area contributed by atoms with Crippen LogP contribution in [0.25, 0.3) is 11.1 Å². The van der Waals surface area contributed by atoms with Crippen LogP contribution in [0.4, 0.5) is 17.6 Å². The van der Waals surface area contributed by atoms with Crippen LogP contribution in [0.3, 0.4) is 0 Å². The molecule has 0 atom stereocenters. The number of carbonyl (C=O) groups is 2. The van der Waals surface area contributed by atoms with Crippen LogP contribution in [0.1, 0.15) is 61.9 Å². The number of aliphatic hydroxyl groups excluding tert-OH is 1. The summed E-state index contributed by atoms with van der Waals surface area (Å²) >= 11 is 0. The molecule has 0 unspecified atom stereocenters. The lowest BCUT2D eigenvalue weighted by atomic mass is 9.86. The van der Waals surface area contributed by atoms with Gasteiger partial charge in [-0.3, -0.25) is 4.79 Å². The molecule has 0 radical (unpaired) electrons. The van der Waals surface area contributed by atoms with Gasteiger partial charge < -0.3 is 9.90 Å². The number of halogens is 4. The van der Waals surface area contributed by atoms with Crippen molar-refractivity contribution >= 4 is 13.1 Å². The lowest BCUT2D eigenvalue weighted by Crippen LogP contribution is -2.17. The van der Waals surface area contributed by atoms with E-state index >= 15 is 0 Å². The van der Waals surface area contributed by atoms with Crippen LogP contribution in [-0.4, -0.2) is 24.3 Å². The summed E-state index contributed by atoms with van der Waals surface area (Å²) in [7, 11) is 0. The molecule has 1 aliphatic carbocycles. The molecule has 32 heavy (non-hydrogen) atoms. The molecule has 1 fully saturated rings. The van der Waals surface area contributed by atoms with E-state index in [4.69, 9.17) is 15.2 Å². The third kappa shape index (κ3) is 7.57. The van der Waals surface area contributed by atoms with Crippen molar-refractivity contribution in [1.82, 2.24) is 0 Å². The van der Waals surface area contributed by atoms with Gasteiger partial charge in [0.25, 0.3) is 0 Å². The first-order valence-corrected chi connectivity index (χ1v) is 10.0. The van der Waals surface area contributed by atoms with E-state index in [1.165, 1.54) is 37.5 Å². The van der Waals surface area contributed by atoms with Gasteiger partial charge in [-0.15, -0.1) is 0 Å². The normalized spacial score (nSPS) is 17.7. The number of nitriles is 1. The number of rotatable bonds is 3. The van der Waals surface area contributed by atoms with Crippen molar-refractivity contribution in [3.05, 3.63) is 58.9 Å². The van der Waals surface area contributed by atoms with Gasteiger partial charge in [-0.05, 0) is 55.4 Å². The van der Waals surface area contributed by atoms with Crippen molar-refractivity contribution in [3.8, 4) is 17.2 Å². The van der Waals surface area contributed by atoms with Crippen LogP contribution in [0.5, 0.6) is 0 Å². The van der Waals surface area contributed by atoms with Crippen LogP contribution in [0.15, 0.2) is 36.4 Å². The lowest BCUT2D eigenvalue weighted by molar-refractivity contribution is -0.137. The minimum atomic E-state index is -4.71. The van der Waals surface area contributed by atoms with Gasteiger partial charge in [0.2, 0.25) is 0 Å². The number of hydrogen-bond donors (Lipinski definition) is 1. The van der Waals surface area contributed by atoms with Gasteiger partial charge >= 0.3 is 6.18 Å². The van der Waals surface area contributed by atoms with E-state index in [0.29, 0.717) is 6.07 Å². The van der Waals surface area contributed by atoms with Gasteiger partial charge in [0.15, 0.2) is 6.29 Å². The van der Waals surface area contributed by atoms with E-state index in [-0.39, 0.29) is 30.5 Å². The molecule has 3 rings (SSSR count). The Bertz CT molecular complexity index is 936. The Kier molecular flexibility index (Phi) is 10.7. The Labute approximate surface area is 186 Å². The highest BCUT2D eigenvalue weighted by Crippen LogP contribution is 2.35. The summed E-state index contributed by atoms with van der Waals surface area (Å²) in [4.78, 5) is 18.7. The maximum Gasteiger partial charge on any atom is 0.417 e. The third-order valence-corrected chi connectivity index (χ3v) is 5.29. The molecule has 0 bridgehead atoms. The number of nitrogens with zero attached hydrogens (tertiary/aromatic N) is 1. The molecule has 4 nitrogen and oxygen atoms in total. The maximum absolute atomic E-state index is 13.8. The van der Waals surface area contributed by atoms with Crippen molar-refractivity contribution in [2.24, 2.45) is 5.92 Å². The van der Waals surface area contributed by atoms with E-state index in [2.05, 4.69) is 6.92 Å². The molecule has 8 heteroatoms. The predicted molar refractivity (Wildman–Crippen MR) is 114 cm³/mol. The first-order valence-electron chi connectivity index (χ1n) is 10.0. The van der Waals surface area contributed by atoms with Gasteiger partial charge in [-0.2, -0.15) is 18.4 Å². The molecule has 0 aliphatic heterocycles. The van der Waals surface area contributed by atoms with Gasteiger partial charge in [0, 0.05) is 12.6 Å². The molecular weight excluding hydrogens is 426 g/mol. The molecule has 0 aromatic heterocycles. The Morgan fingerprint density at radius 1 is 1.16 bits per heavy atom. The van der Waals surface area contributed by atoms with Crippen LogP contribution < -0.4 is 0 Å². The predicted octanol–water partition coefficient (Wildman–Crippen LogP) is 6.20. The molecule has 1 saturated carbocycles. The third-order valence-electron chi connectivity index (χ3n) is 5.29. The molecule has 2 aromatic rings. The van der Waals surface area contributed by atoms with Crippen molar-refractivity contribution in [2.75, 3.05) is 0 Å². The summed E-state index contributed by atoms with van der Waals surface area (Å²) in [6.45, 7) is 4.24. The minimum absolute atomic E-state index is 0. The molecule has 0 amide bonds. The minimum Gasteiger partial charge on any atom is -0.393 e. The number of hydrogen-bond acceptors (Lipinski definition) is 4. The van der Waals surface area contributed by atoms with Crippen molar-refractivity contribution in [2.45, 2.75) is 51.3 Å². The highest BCUT2D eigenvalue weighted by Gasteiger charge is 2.33. The number of carbonyl (C=O) groups excluding carboxylic acids is 2. The zero-order chi connectivity index (χ0) is 24.3. The van der Waals surface area contributed by atoms with Gasteiger partial charge in [-0.1, -0.05) is 31.5 Å². The number of aldehydes is 1. The lowest BCUT2D eigenvalue weighted by Gasteiger charge is -2.23. The van der Waals surface area contributed by atoms with Crippen LogP contribution in [0, 0.1) is 23.1 Å². The second-order valence-electron chi connectivity index (χ2n) is 7.31. The second-order valence-corrected chi connectivity index (χ2v) is 7.31. The van der Waals surface area contributed by atoms with Crippen molar-refractivity contribution < 1.29 is 33.7 Å². The summed E-state index contributed by atoms with van der Waals surface area (Å²) < 4.78 is 52.4. The van der Waals surface area contributed by atoms with Crippen LogP contribution in [-0.2, 0) is 11.0 Å². The zero-order valence-electron chi connectivity index (χ0n) is 17.7. The molecule has 1 N–H and O–H groups in total.